The zero-order valence-electron chi connectivity index (χ0n) is 20.0. The van der Waals surface area contributed by atoms with Crippen molar-refractivity contribution >= 4 is 17.6 Å². The molecule has 0 aliphatic heterocycles. The third-order valence-electron chi connectivity index (χ3n) is 5.35. The van der Waals surface area contributed by atoms with Gasteiger partial charge in [-0.2, -0.15) is 13.2 Å². The second kappa shape index (κ2) is 12.3. The molecule has 0 fully saturated rings. The number of benzene rings is 2. The van der Waals surface area contributed by atoms with Crippen molar-refractivity contribution in [3.8, 4) is 0 Å². The minimum atomic E-state index is -4.48. The van der Waals surface area contributed by atoms with Crippen molar-refractivity contribution in [2.24, 2.45) is 0 Å². The first kappa shape index (κ1) is 26.8. The van der Waals surface area contributed by atoms with E-state index >= 15 is 0 Å². The number of amides is 3. The second-order valence-electron chi connectivity index (χ2n) is 8.17. The monoisotopic (exact) mass is 503 g/mol. The Balaban J connectivity index is 1.74. The topological polar surface area (TPSA) is 75.0 Å². The summed E-state index contributed by atoms with van der Waals surface area (Å²) in [6, 6.07) is 16.5. The van der Waals surface area contributed by atoms with Gasteiger partial charge >= 0.3 is 12.2 Å². The normalized spacial score (nSPS) is 11.2. The Bertz CT molecular complexity index is 1130. The van der Waals surface area contributed by atoms with Crippen molar-refractivity contribution in [3.63, 3.8) is 0 Å². The fourth-order valence-electron chi connectivity index (χ4n) is 3.46. The molecule has 0 saturated carbocycles. The number of hydrogen-bond acceptors (Lipinski definition) is 4. The molecule has 0 aliphatic carbocycles. The van der Waals surface area contributed by atoms with E-state index < -0.39 is 17.8 Å². The summed E-state index contributed by atoms with van der Waals surface area (Å²) in [5, 5.41) is 2.55. The third kappa shape index (κ3) is 7.88. The number of halogens is 3. The van der Waals surface area contributed by atoms with E-state index in [1.165, 1.54) is 12.0 Å². The molecular formula is C26H28F3N3O4. The standard InChI is InChI=1S/C26H28F3N3O4/c1-19-8-13-23(36-19)17-32(16-20-6-4-3-5-7-20)24(33)18-31(14-15-35-2)25(34)30-22-11-9-21(10-12-22)26(27,28)29/h3-13H,14-18H2,1-2H3,(H,30,34). The molecule has 0 atom stereocenters. The van der Waals surface area contributed by atoms with Gasteiger partial charge in [0.25, 0.3) is 0 Å². The van der Waals surface area contributed by atoms with Crippen LogP contribution < -0.4 is 5.32 Å². The highest BCUT2D eigenvalue weighted by Gasteiger charge is 2.30. The molecule has 0 unspecified atom stereocenters. The van der Waals surface area contributed by atoms with E-state index in [9.17, 15) is 22.8 Å². The predicted molar refractivity (Wildman–Crippen MR) is 128 cm³/mol. The minimum absolute atomic E-state index is 0.105. The molecule has 0 radical (unpaired) electrons. The Morgan fingerprint density at radius 3 is 2.22 bits per heavy atom. The van der Waals surface area contributed by atoms with Gasteiger partial charge in [-0.05, 0) is 48.9 Å². The summed E-state index contributed by atoms with van der Waals surface area (Å²) in [7, 11) is 1.47. The molecule has 3 aromatic rings. The van der Waals surface area contributed by atoms with Crippen molar-refractivity contribution in [1.82, 2.24) is 9.80 Å². The van der Waals surface area contributed by atoms with E-state index in [-0.39, 0.29) is 37.8 Å². The predicted octanol–water partition coefficient (Wildman–Crippen LogP) is 5.32. The fraction of sp³-hybridized carbons (Fsp3) is 0.308. The molecule has 2 aromatic carbocycles. The Labute approximate surface area is 207 Å². The van der Waals surface area contributed by atoms with Gasteiger partial charge in [0.1, 0.15) is 18.1 Å². The van der Waals surface area contributed by atoms with Crippen molar-refractivity contribution < 1.29 is 31.9 Å². The maximum absolute atomic E-state index is 13.3. The molecule has 0 spiro atoms. The van der Waals surface area contributed by atoms with Crippen LogP contribution in [0.3, 0.4) is 0 Å². The van der Waals surface area contributed by atoms with Crippen LogP contribution in [0, 0.1) is 6.92 Å². The summed E-state index contributed by atoms with van der Waals surface area (Å²) in [6.07, 6.45) is -4.48. The number of rotatable bonds is 10. The Morgan fingerprint density at radius 1 is 0.944 bits per heavy atom. The Hall–Kier alpha value is -3.79. The largest absolute Gasteiger partial charge is 0.464 e. The summed E-state index contributed by atoms with van der Waals surface area (Å²) in [5.41, 5.74) is 0.262. The Morgan fingerprint density at radius 2 is 1.64 bits per heavy atom. The van der Waals surface area contributed by atoms with Gasteiger partial charge in [0.15, 0.2) is 0 Å². The van der Waals surface area contributed by atoms with Crippen LogP contribution in [0.1, 0.15) is 22.6 Å². The van der Waals surface area contributed by atoms with Crippen LogP contribution >= 0.6 is 0 Å². The van der Waals surface area contributed by atoms with Crippen LogP contribution in [0.15, 0.2) is 71.1 Å². The van der Waals surface area contributed by atoms with E-state index in [2.05, 4.69) is 5.32 Å². The second-order valence-corrected chi connectivity index (χ2v) is 8.17. The zero-order chi connectivity index (χ0) is 26.1. The lowest BCUT2D eigenvalue weighted by Gasteiger charge is -2.27. The average molecular weight is 504 g/mol. The van der Waals surface area contributed by atoms with Gasteiger partial charge in [-0.3, -0.25) is 4.79 Å². The van der Waals surface area contributed by atoms with Crippen LogP contribution in [0.2, 0.25) is 0 Å². The number of nitrogens with zero attached hydrogens (tertiary/aromatic N) is 2. The molecule has 3 rings (SSSR count). The molecule has 7 nitrogen and oxygen atoms in total. The number of aryl methyl sites for hydroxylation is 1. The number of urea groups is 1. The maximum atomic E-state index is 13.3. The minimum Gasteiger partial charge on any atom is -0.464 e. The summed E-state index contributed by atoms with van der Waals surface area (Å²) < 4.78 is 49.2. The van der Waals surface area contributed by atoms with Crippen LogP contribution in [0.4, 0.5) is 23.7 Å². The van der Waals surface area contributed by atoms with Crippen molar-refractivity contribution in [1.29, 1.82) is 0 Å². The highest BCUT2D eigenvalue weighted by Crippen LogP contribution is 2.29. The number of furan rings is 1. The van der Waals surface area contributed by atoms with Gasteiger partial charge in [-0.25, -0.2) is 4.79 Å². The molecule has 0 saturated heterocycles. The molecule has 0 bridgehead atoms. The molecule has 1 aromatic heterocycles. The molecule has 1 N–H and O–H groups in total. The highest BCUT2D eigenvalue weighted by molar-refractivity contribution is 5.92. The summed E-state index contributed by atoms with van der Waals surface area (Å²) in [4.78, 5) is 29.1. The van der Waals surface area contributed by atoms with Crippen LogP contribution in [0.25, 0.3) is 0 Å². The number of hydrogen-bond donors (Lipinski definition) is 1. The van der Waals surface area contributed by atoms with Gasteiger partial charge in [-0.1, -0.05) is 30.3 Å². The smallest absolute Gasteiger partial charge is 0.416 e. The van der Waals surface area contributed by atoms with E-state index in [1.54, 1.807) is 11.0 Å². The van der Waals surface area contributed by atoms with Gasteiger partial charge in [0, 0.05) is 25.9 Å². The molecule has 1 heterocycles. The summed E-state index contributed by atoms with van der Waals surface area (Å²) in [6.45, 7) is 2.34. The first-order chi connectivity index (χ1) is 17.2. The van der Waals surface area contributed by atoms with Gasteiger partial charge in [0.2, 0.25) is 5.91 Å². The molecule has 0 aliphatic rings. The molecule has 3 amide bonds. The molecule has 192 valence electrons. The van der Waals surface area contributed by atoms with Gasteiger partial charge in [0.05, 0.1) is 18.7 Å². The molecule has 10 heteroatoms. The quantitative estimate of drug-likeness (QED) is 0.407. The summed E-state index contributed by atoms with van der Waals surface area (Å²) in [5.74, 6) is 0.996. The Kier molecular flexibility index (Phi) is 9.13. The first-order valence-electron chi connectivity index (χ1n) is 11.2. The SMILES string of the molecule is COCCN(CC(=O)N(Cc1ccccc1)Cc1ccc(C)o1)C(=O)Nc1ccc(C(F)(F)F)cc1. The van der Waals surface area contributed by atoms with Crippen molar-refractivity contribution in [3.05, 3.63) is 89.4 Å². The number of ether oxygens (including phenoxy) is 1. The third-order valence-corrected chi connectivity index (χ3v) is 5.35. The number of anilines is 1. The lowest BCUT2D eigenvalue weighted by molar-refractivity contribution is -0.137. The lowest BCUT2D eigenvalue weighted by Crippen LogP contribution is -2.45. The molecular weight excluding hydrogens is 475 g/mol. The van der Waals surface area contributed by atoms with Crippen molar-refractivity contribution in [2.75, 3.05) is 32.1 Å². The maximum Gasteiger partial charge on any atom is 0.416 e. The number of alkyl halides is 3. The van der Waals surface area contributed by atoms with Crippen LogP contribution in [-0.4, -0.2) is 48.5 Å². The first-order valence-corrected chi connectivity index (χ1v) is 11.2. The average Bonchev–Trinajstić information content (AvgIpc) is 3.26. The van der Waals surface area contributed by atoms with E-state index in [0.29, 0.717) is 12.3 Å². The van der Waals surface area contributed by atoms with Crippen LogP contribution in [0.5, 0.6) is 0 Å². The van der Waals surface area contributed by atoms with E-state index in [4.69, 9.17) is 9.15 Å². The molecule has 36 heavy (non-hydrogen) atoms. The zero-order valence-corrected chi connectivity index (χ0v) is 20.0. The number of methoxy groups -OCH3 is 1. The number of carbonyl (C=O) groups excluding carboxylic acids is 2. The van der Waals surface area contributed by atoms with Gasteiger partial charge in [-0.15, -0.1) is 0 Å². The highest BCUT2D eigenvalue weighted by atomic mass is 19.4. The summed E-state index contributed by atoms with van der Waals surface area (Å²) >= 11 is 0. The van der Waals surface area contributed by atoms with Crippen molar-refractivity contribution in [2.45, 2.75) is 26.2 Å². The van der Waals surface area contributed by atoms with E-state index in [0.717, 1.165) is 35.6 Å². The van der Waals surface area contributed by atoms with Gasteiger partial charge < -0.3 is 24.3 Å². The number of nitrogens with one attached hydrogen (secondary N) is 1. The van der Waals surface area contributed by atoms with E-state index in [1.807, 2.05) is 43.3 Å². The fourth-order valence-corrected chi connectivity index (χ4v) is 3.46. The number of carbonyl (C=O) groups is 2. The lowest BCUT2D eigenvalue weighted by atomic mass is 10.2. The van der Waals surface area contributed by atoms with Crippen LogP contribution in [-0.2, 0) is 28.8 Å².